The van der Waals surface area contributed by atoms with Crippen molar-refractivity contribution in [3.63, 3.8) is 0 Å². The minimum Gasteiger partial charge on any atom is -0.337 e. The molecule has 1 N–H and O–H groups in total. The lowest BCUT2D eigenvalue weighted by Gasteiger charge is -2.35. The number of benzene rings is 1. The van der Waals surface area contributed by atoms with Crippen molar-refractivity contribution >= 4 is 18.6 Å². The van der Waals surface area contributed by atoms with Crippen molar-refractivity contribution in [3.8, 4) is 0 Å². The first-order valence-electron chi connectivity index (χ1n) is 8.24. The predicted octanol–water partition coefficient (Wildman–Crippen LogP) is 3.69. The molecule has 1 aromatic carbocycles. The van der Waals surface area contributed by atoms with E-state index in [0.29, 0.717) is 12.9 Å². The predicted molar refractivity (Wildman–Crippen MR) is 91.3 cm³/mol. The van der Waals surface area contributed by atoms with Crippen LogP contribution >= 0.6 is 0 Å². The van der Waals surface area contributed by atoms with Crippen LogP contribution in [0.25, 0.3) is 0 Å². The number of carbonyl (C=O) groups excluding carboxylic acids is 1. The average Bonchev–Trinajstić information content (AvgIpc) is 2.49. The Morgan fingerprint density at radius 3 is 2.68 bits per heavy atom. The molecule has 0 aliphatic carbocycles. The summed E-state index contributed by atoms with van der Waals surface area (Å²) >= 11 is 0. The summed E-state index contributed by atoms with van der Waals surface area (Å²) < 4.78 is 13.1. The van der Waals surface area contributed by atoms with Gasteiger partial charge >= 0.3 is 6.99 Å². The number of carbonyl (C=O) groups is 1. The third-order valence-electron chi connectivity index (χ3n) is 4.46. The van der Waals surface area contributed by atoms with Crippen LogP contribution in [0.15, 0.2) is 18.2 Å². The van der Waals surface area contributed by atoms with E-state index >= 15 is 0 Å². The van der Waals surface area contributed by atoms with Crippen molar-refractivity contribution < 1.29 is 9.11 Å². The molecule has 1 aliphatic rings. The molecule has 0 saturated carbocycles. The number of hydrogen-bond donors (Lipinski definition) is 1. The van der Waals surface area contributed by atoms with Gasteiger partial charge in [-0.3, -0.25) is 9.69 Å². The summed E-state index contributed by atoms with van der Waals surface area (Å²) in [6.07, 6.45) is 3.50. The van der Waals surface area contributed by atoms with Gasteiger partial charge in [-0.15, -0.1) is 0 Å². The molecule has 1 aromatic rings. The van der Waals surface area contributed by atoms with Crippen LogP contribution in [0.2, 0.25) is 13.1 Å². The van der Waals surface area contributed by atoms with Gasteiger partial charge in [0.1, 0.15) is 0 Å². The molecule has 1 fully saturated rings. The number of piperidine rings is 1. The Kier molecular flexibility index (Phi) is 6.01. The summed E-state index contributed by atoms with van der Waals surface area (Å²) in [7, 11) is 0. The number of hydrogen-bond acceptors (Lipinski definition) is 2. The lowest BCUT2D eigenvalue weighted by molar-refractivity contribution is -0.122. The molecule has 22 heavy (non-hydrogen) atoms. The normalized spacial score (nSPS) is 19.0. The van der Waals surface area contributed by atoms with Gasteiger partial charge in [-0.05, 0) is 57.2 Å². The highest BCUT2D eigenvalue weighted by atomic mass is 19.1. The second-order valence-electron chi connectivity index (χ2n) is 6.37. The van der Waals surface area contributed by atoms with E-state index in [0.717, 1.165) is 42.6 Å². The zero-order valence-electron chi connectivity index (χ0n) is 13.9. The summed E-state index contributed by atoms with van der Waals surface area (Å²) in [6.45, 7) is 6.32. The molecule has 1 amide bonds. The highest BCUT2D eigenvalue weighted by Gasteiger charge is 2.29. The standard InChI is InChI=1S/C17H26BFN2O/c1-13-7-6-8-14(2)16(13)20-17(22)15-9-4-5-11-21(15)12-10-18(3)19/h6-8,15H,4-5,9-12H2,1-3H3,(H,20,22). The Hall–Kier alpha value is -1.36. The topological polar surface area (TPSA) is 32.3 Å². The van der Waals surface area contributed by atoms with Crippen LogP contribution < -0.4 is 5.32 Å². The average molecular weight is 304 g/mol. The molecule has 5 heteroatoms. The van der Waals surface area contributed by atoms with Crippen LogP contribution in [-0.4, -0.2) is 36.9 Å². The van der Waals surface area contributed by atoms with Crippen molar-refractivity contribution in [1.82, 2.24) is 4.90 Å². The molecular weight excluding hydrogens is 278 g/mol. The number of amides is 1. The number of nitrogens with one attached hydrogen (secondary N) is 1. The Bertz CT molecular complexity index is 501. The van der Waals surface area contributed by atoms with E-state index in [9.17, 15) is 9.11 Å². The number of aryl methyl sites for hydroxylation is 2. The third-order valence-corrected chi connectivity index (χ3v) is 4.46. The van der Waals surface area contributed by atoms with Crippen LogP contribution in [0.5, 0.6) is 0 Å². The fraction of sp³-hybridized carbons (Fsp3) is 0.588. The van der Waals surface area contributed by atoms with Crippen molar-refractivity contribution in [2.24, 2.45) is 0 Å². The second-order valence-corrected chi connectivity index (χ2v) is 6.37. The van der Waals surface area contributed by atoms with E-state index in [-0.39, 0.29) is 11.9 Å². The first-order chi connectivity index (χ1) is 10.5. The molecule has 1 atom stereocenters. The minimum absolute atomic E-state index is 0.0450. The van der Waals surface area contributed by atoms with Crippen molar-refractivity contribution in [3.05, 3.63) is 29.3 Å². The van der Waals surface area contributed by atoms with Crippen LogP contribution in [0.1, 0.15) is 30.4 Å². The molecule has 1 heterocycles. The molecule has 1 aliphatic heterocycles. The molecule has 2 rings (SSSR count). The SMILES string of the molecule is CB(F)CCN1CCCCC1C(=O)Nc1c(C)cccc1C. The first kappa shape index (κ1) is 17.0. The maximum atomic E-state index is 13.1. The number of para-hydroxylation sites is 1. The molecular formula is C17H26BFN2O. The van der Waals surface area contributed by atoms with E-state index in [1.807, 2.05) is 32.0 Å². The lowest BCUT2D eigenvalue weighted by Crippen LogP contribution is -2.47. The van der Waals surface area contributed by atoms with Gasteiger partial charge < -0.3 is 9.63 Å². The minimum atomic E-state index is -0.816. The molecule has 0 aromatic heterocycles. The smallest absolute Gasteiger partial charge is 0.337 e. The maximum Gasteiger partial charge on any atom is 0.346 e. The van der Waals surface area contributed by atoms with E-state index < -0.39 is 6.99 Å². The Labute approximate surface area is 133 Å². The van der Waals surface area contributed by atoms with E-state index in [2.05, 4.69) is 10.2 Å². The summed E-state index contributed by atoms with van der Waals surface area (Å²) in [4.78, 5) is 14.8. The summed E-state index contributed by atoms with van der Waals surface area (Å²) in [5.41, 5.74) is 3.07. The third kappa shape index (κ3) is 4.32. The molecule has 0 radical (unpaired) electrons. The molecule has 120 valence electrons. The van der Waals surface area contributed by atoms with Crippen LogP contribution in [0.4, 0.5) is 10.0 Å². The highest BCUT2D eigenvalue weighted by Crippen LogP contribution is 2.23. The fourth-order valence-electron chi connectivity index (χ4n) is 3.12. The summed E-state index contributed by atoms with van der Waals surface area (Å²) in [5.74, 6) is 0.0450. The fourth-order valence-corrected chi connectivity index (χ4v) is 3.12. The first-order valence-corrected chi connectivity index (χ1v) is 8.24. The number of anilines is 1. The number of halogens is 1. The number of nitrogens with zero attached hydrogens (tertiary/aromatic N) is 1. The number of likely N-dealkylation sites (tertiary alicyclic amines) is 1. The van der Waals surface area contributed by atoms with Gasteiger partial charge in [0.25, 0.3) is 0 Å². The van der Waals surface area contributed by atoms with Gasteiger partial charge in [0.15, 0.2) is 0 Å². The van der Waals surface area contributed by atoms with Crippen LogP contribution in [0, 0.1) is 13.8 Å². The number of rotatable bonds is 5. The molecule has 0 spiro atoms. The molecule has 1 saturated heterocycles. The maximum absolute atomic E-state index is 13.1. The zero-order valence-corrected chi connectivity index (χ0v) is 13.9. The Morgan fingerprint density at radius 1 is 1.36 bits per heavy atom. The van der Waals surface area contributed by atoms with Crippen molar-refractivity contribution in [2.45, 2.75) is 52.3 Å². The molecule has 1 unspecified atom stereocenters. The zero-order chi connectivity index (χ0) is 16.1. The van der Waals surface area contributed by atoms with E-state index in [1.165, 1.54) is 0 Å². The van der Waals surface area contributed by atoms with Gasteiger partial charge in [0.05, 0.1) is 6.04 Å². The highest BCUT2D eigenvalue weighted by molar-refractivity contribution is 6.49. The second kappa shape index (κ2) is 7.77. The Balaban J connectivity index is 2.05. The van der Waals surface area contributed by atoms with E-state index in [1.54, 1.807) is 6.82 Å². The van der Waals surface area contributed by atoms with Crippen LogP contribution in [0.3, 0.4) is 0 Å². The van der Waals surface area contributed by atoms with Crippen molar-refractivity contribution in [2.75, 3.05) is 18.4 Å². The van der Waals surface area contributed by atoms with Gasteiger partial charge in [-0.25, -0.2) is 0 Å². The van der Waals surface area contributed by atoms with Gasteiger partial charge in [0.2, 0.25) is 5.91 Å². The van der Waals surface area contributed by atoms with Crippen LogP contribution in [-0.2, 0) is 4.79 Å². The van der Waals surface area contributed by atoms with Crippen molar-refractivity contribution in [1.29, 1.82) is 0 Å². The Morgan fingerprint density at radius 2 is 2.05 bits per heavy atom. The van der Waals surface area contributed by atoms with Gasteiger partial charge in [-0.2, -0.15) is 0 Å². The largest absolute Gasteiger partial charge is 0.346 e. The quantitative estimate of drug-likeness (QED) is 0.842. The summed E-state index contributed by atoms with van der Waals surface area (Å²) in [6, 6.07) is 5.88. The molecule has 3 nitrogen and oxygen atoms in total. The monoisotopic (exact) mass is 304 g/mol. The van der Waals surface area contributed by atoms with Gasteiger partial charge in [0, 0.05) is 5.69 Å². The van der Waals surface area contributed by atoms with Gasteiger partial charge in [-0.1, -0.05) is 31.4 Å². The van der Waals surface area contributed by atoms with E-state index in [4.69, 9.17) is 0 Å². The lowest BCUT2D eigenvalue weighted by atomic mass is 9.71. The summed E-state index contributed by atoms with van der Waals surface area (Å²) in [5, 5.41) is 3.09. The molecule has 0 bridgehead atoms.